The fourth-order valence-electron chi connectivity index (χ4n) is 2.20. The first-order valence-corrected chi connectivity index (χ1v) is 10.9. The molecule has 2 rings (SSSR count). The second-order valence-electron chi connectivity index (χ2n) is 5.32. The van der Waals surface area contributed by atoms with Crippen molar-refractivity contribution in [1.82, 2.24) is 0 Å². The van der Waals surface area contributed by atoms with Crippen molar-refractivity contribution in [3.8, 4) is 11.5 Å². The summed E-state index contributed by atoms with van der Waals surface area (Å²) in [5.41, 5.74) is 2.62. The standard InChI is InChI=1S/C19H22I2O2/c20-14-16-6-4-8-18(12-16)22-10-2-1-3-11-23-19-9-5-7-17(13-19)15-21/h4-9,12-13H,1-3,10-11,14-15H2. The number of halogens is 2. The van der Waals surface area contributed by atoms with Gasteiger partial charge in [0, 0.05) is 8.86 Å². The second kappa shape index (κ2) is 11.1. The molecule has 0 saturated heterocycles. The molecule has 2 nitrogen and oxygen atoms in total. The summed E-state index contributed by atoms with van der Waals surface area (Å²) in [5, 5.41) is 0. The molecule has 0 N–H and O–H groups in total. The fourth-order valence-corrected chi connectivity index (χ4v) is 3.15. The molecule has 0 unspecified atom stereocenters. The topological polar surface area (TPSA) is 18.5 Å². The number of unbranched alkanes of at least 4 members (excludes halogenated alkanes) is 2. The zero-order valence-electron chi connectivity index (χ0n) is 13.1. The molecule has 0 atom stereocenters. The molecule has 0 aliphatic heterocycles. The van der Waals surface area contributed by atoms with Gasteiger partial charge in [0.1, 0.15) is 11.5 Å². The summed E-state index contributed by atoms with van der Waals surface area (Å²) in [6, 6.07) is 16.7. The molecule has 0 radical (unpaired) electrons. The molecular weight excluding hydrogens is 514 g/mol. The number of hydrogen-bond donors (Lipinski definition) is 0. The third kappa shape index (κ3) is 7.28. The quantitative estimate of drug-likeness (QED) is 0.205. The molecule has 0 heterocycles. The van der Waals surface area contributed by atoms with Crippen LogP contribution in [0, 0.1) is 0 Å². The lowest BCUT2D eigenvalue weighted by atomic mass is 10.2. The maximum atomic E-state index is 5.80. The van der Waals surface area contributed by atoms with Crippen LogP contribution in [0.4, 0.5) is 0 Å². The van der Waals surface area contributed by atoms with Crippen LogP contribution in [0.25, 0.3) is 0 Å². The van der Waals surface area contributed by atoms with Crippen molar-refractivity contribution < 1.29 is 9.47 Å². The minimum Gasteiger partial charge on any atom is -0.494 e. The summed E-state index contributed by atoms with van der Waals surface area (Å²) in [7, 11) is 0. The van der Waals surface area contributed by atoms with Gasteiger partial charge in [-0.25, -0.2) is 0 Å². The summed E-state index contributed by atoms with van der Waals surface area (Å²) in [6.07, 6.45) is 3.25. The maximum absolute atomic E-state index is 5.80. The Labute approximate surface area is 166 Å². The lowest BCUT2D eigenvalue weighted by Crippen LogP contribution is -2.01. The summed E-state index contributed by atoms with van der Waals surface area (Å²) in [4.78, 5) is 0. The van der Waals surface area contributed by atoms with Crippen molar-refractivity contribution >= 4 is 45.2 Å². The largest absolute Gasteiger partial charge is 0.494 e. The molecule has 0 aromatic heterocycles. The molecule has 124 valence electrons. The van der Waals surface area contributed by atoms with Gasteiger partial charge < -0.3 is 9.47 Å². The van der Waals surface area contributed by atoms with Crippen molar-refractivity contribution in [1.29, 1.82) is 0 Å². The van der Waals surface area contributed by atoms with Gasteiger partial charge in [0.2, 0.25) is 0 Å². The van der Waals surface area contributed by atoms with Crippen LogP contribution in [-0.2, 0) is 8.86 Å². The Hall–Kier alpha value is -0.500. The number of ether oxygens (including phenoxy) is 2. The lowest BCUT2D eigenvalue weighted by molar-refractivity contribution is 0.279. The molecule has 0 aliphatic carbocycles. The van der Waals surface area contributed by atoms with Crippen molar-refractivity contribution in [2.45, 2.75) is 28.1 Å². The van der Waals surface area contributed by atoms with Gasteiger partial charge >= 0.3 is 0 Å². The molecule has 0 spiro atoms. The molecule has 0 saturated carbocycles. The van der Waals surface area contributed by atoms with Crippen LogP contribution in [0.5, 0.6) is 11.5 Å². The van der Waals surface area contributed by atoms with E-state index in [1.54, 1.807) is 0 Å². The summed E-state index contributed by atoms with van der Waals surface area (Å²) < 4.78 is 13.6. The second-order valence-corrected chi connectivity index (χ2v) is 6.85. The number of alkyl halides is 2. The van der Waals surface area contributed by atoms with Gasteiger partial charge in [-0.2, -0.15) is 0 Å². The van der Waals surface area contributed by atoms with Crippen LogP contribution in [0.3, 0.4) is 0 Å². The van der Waals surface area contributed by atoms with Crippen LogP contribution in [-0.4, -0.2) is 13.2 Å². The van der Waals surface area contributed by atoms with E-state index in [4.69, 9.17) is 9.47 Å². The van der Waals surface area contributed by atoms with E-state index in [0.29, 0.717) is 0 Å². The zero-order chi connectivity index (χ0) is 16.3. The van der Waals surface area contributed by atoms with Gasteiger partial charge in [-0.1, -0.05) is 69.4 Å². The number of benzene rings is 2. The van der Waals surface area contributed by atoms with E-state index in [-0.39, 0.29) is 0 Å². The van der Waals surface area contributed by atoms with Crippen LogP contribution in [0.1, 0.15) is 30.4 Å². The Kier molecular flexibility index (Phi) is 9.11. The number of rotatable bonds is 10. The first-order valence-electron chi connectivity index (χ1n) is 7.87. The van der Waals surface area contributed by atoms with E-state index < -0.39 is 0 Å². The number of hydrogen-bond acceptors (Lipinski definition) is 2. The van der Waals surface area contributed by atoms with Gasteiger partial charge in [0.25, 0.3) is 0 Å². The average Bonchev–Trinajstić information content (AvgIpc) is 2.61. The SMILES string of the molecule is ICc1cccc(OCCCCCOc2cccc(CI)c2)c1. The molecule has 4 heteroatoms. The van der Waals surface area contributed by atoms with Gasteiger partial charge in [-0.15, -0.1) is 0 Å². The molecule has 2 aromatic carbocycles. The van der Waals surface area contributed by atoms with Crippen LogP contribution < -0.4 is 9.47 Å². The van der Waals surface area contributed by atoms with Gasteiger partial charge in [0.05, 0.1) is 13.2 Å². The predicted octanol–water partition coefficient (Wildman–Crippen LogP) is 6.18. The van der Waals surface area contributed by atoms with Gasteiger partial charge in [-0.05, 0) is 54.7 Å². The normalized spacial score (nSPS) is 10.5. The Morgan fingerprint density at radius 1 is 0.652 bits per heavy atom. The molecule has 0 aliphatic rings. The van der Waals surface area contributed by atoms with Crippen LogP contribution >= 0.6 is 45.2 Å². The van der Waals surface area contributed by atoms with Crippen LogP contribution in [0.15, 0.2) is 48.5 Å². The zero-order valence-corrected chi connectivity index (χ0v) is 17.5. The molecule has 0 amide bonds. The van der Waals surface area contributed by atoms with Crippen molar-refractivity contribution in [3.63, 3.8) is 0 Å². The minimum absolute atomic E-state index is 0.773. The summed E-state index contributed by atoms with van der Waals surface area (Å²) in [5.74, 6) is 1.96. The third-order valence-electron chi connectivity index (χ3n) is 3.43. The first-order chi connectivity index (χ1) is 11.3. The van der Waals surface area contributed by atoms with E-state index in [0.717, 1.165) is 52.8 Å². The van der Waals surface area contributed by atoms with Crippen molar-refractivity contribution in [3.05, 3.63) is 59.7 Å². The molecule has 23 heavy (non-hydrogen) atoms. The maximum Gasteiger partial charge on any atom is 0.119 e. The van der Waals surface area contributed by atoms with Gasteiger partial charge in [0.15, 0.2) is 0 Å². The van der Waals surface area contributed by atoms with Gasteiger partial charge in [-0.3, -0.25) is 0 Å². The molecule has 0 bridgehead atoms. The van der Waals surface area contributed by atoms with Crippen LogP contribution in [0.2, 0.25) is 0 Å². The van der Waals surface area contributed by atoms with E-state index in [9.17, 15) is 0 Å². The lowest BCUT2D eigenvalue weighted by Gasteiger charge is -2.08. The average molecular weight is 536 g/mol. The molecular formula is C19H22I2O2. The predicted molar refractivity (Wildman–Crippen MR) is 113 cm³/mol. The third-order valence-corrected chi connectivity index (χ3v) is 5.19. The Morgan fingerprint density at radius 3 is 1.57 bits per heavy atom. The van der Waals surface area contributed by atoms with Crippen molar-refractivity contribution in [2.24, 2.45) is 0 Å². The van der Waals surface area contributed by atoms with E-state index in [1.807, 2.05) is 12.1 Å². The monoisotopic (exact) mass is 536 g/mol. The highest BCUT2D eigenvalue weighted by atomic mass is 127. The highest BCUT2D eigenvalue weighted by molar-refractivity contribution is 14.1. The summed E-state index contributed by atoms with van der Waals surface area (Å²) in [6.45, 7) is 1.55. The summed E-state index contributed by atoms with van der Waals surface area (Å²) >= 11 is 4.74. The Balaban J connectivity index is 1.57. The smallest absolute Gasteiger partial charge is 0.119 e. The molecule has 2 aromatic rings. The Morgan fingerprint density at radius 2 is 1.13 bits per heavy atom. The highest BCUT2D eigenvalue weighted by Gasteiger charge is 1.98. The highest BCUT2D eigenvalue weighted by Crippen LogP contribution is 2.17. The first kappa shape index (κ1) is 18.8. The Bertz CT molecular complexity index is 536. The van der Waals surface area contributed by atoms with Crippen molar-refractivity contribution in [2.75, 3.05) is 13.2 Å². The van der Waals surface area contributed by atoms with E-state index in [1.165, 1.54) is 11.1 Å². The van der Waals surface area contributed by atoms with E-state index in [2.05, 4.69) is 81.6 Å². The molecule has 0 fully saturated rings. The fraction of sp³-hybridized carbons (Fsp3) is 0.368. The van der Waals surface area contributed by atoms with E-state index >= 15 is 0 Å². The minimum atomic E-state index is 0.773.